The molecule has 1 amide bonds. The number of benzene rings is 1. The molecular formula is C17H21NO3. The number of nitrogens with one attached hydrogen (secondary N) is 1. The first-order chi connectivity index (χ1) is 10.3. The zero-order valence-electron chi connectivity index (χ0n) is 12.4. The van der Waals surface area contributed by atoms with Crippen molar-refractivity contribution in [2.45, 2.75) is 25.3 Å². The van der Waals surface area contributed by atoms with E-state index in [2.05, 4.69) is 5.32 Å². The van der Waals surface area contributed by atoms with E-state index >= 15 is 0 Å². The lowest BCUT2D eigenvalue weighted by atomic mass is 9.95. The number of carbonyl (C=O) groups excluding carboxylic acids is 1. The van der Waals surface area contributed by atoms with Crippen LogP contribution in [0.4, 0.5) is 0 Å². The lowest BCUT2D eigenvalue weighted by Crippen LogP contribution is -2.34. The molecule has 2 rings (SSSR count). The second kappa shape index (κ2) is 7.64. The van der Waals surface area contributed by atoms with E-state index in [1.807, 2.05) is 43.3 Å². The maximum absolute atomic E-state index is 12.5. The Hall–Kier alpha value is -2.07. The molecule has 0 aliphatic rings. The van der Waals surface area contributed by atoms with Crippen molar-refractivity contribution in [3.05, 3.63) is 60.1 Å². The van der Waals surface area contributed by atoms with Crippen LogP contribution in [0.15, 0.2) is 53.1 Å². The van der Waals surface area contributed by atoms with Gasteiger partial charge in [-0.1, -0.05) is 37.3 Å². The molecule has 0 bridgehead atoms. The van der Waals surface area contributed by atoms with Gasteiger partial charge in [0.15, 0.2) is 0 Å². The van der Waals surface area contributed by atoms with Gasteiger partial charge in [-0.2, -0.15) is 0 Å². The first-order valence-electron chi connectivity index (χ1n) is 7.14. The summed E-state index contributed by atoms with van der Waals surface area (Å²) in [6.07, 6.45) is 2.34. The van der Waals surface area contributed by atoms with Crippen LogP contribution in [0.5, 0.6) is 0 Å². The molecule has 0 radical (unpaired) electrons. The molecule has 1 heterocycles. The van der Waals surface area contributed by atoms with Crippen LogP contribution < -0.4 is 5.32 Å². The summed E-state index contributed by atoms with van der Waals surface area (Å²) in [5.41, 5.74) is 1.02. The minimum atomic E-state index is -0.268. The zero-order valence-corrected chi connectivity index (χ0v) is 12.4. The quantitative estimate of drug-likeness (QED) is 0.850. The molecule has 2 atom stereocenters. The molecule has 21 heavy (non-hydrogen) atoms. The van der Waals surface area contributed by atoms with Gasteiger partial charge in [-0.05, 0) is 24.1 Å². The molecule has 0 fully saturated rings. The molecule has 1 aromatic carbocycles. The predicted octanol–water partition coefficient (Wildman–Crippen LogP) is 3.28. The van der Waals surface area contributed by atoms with Gasteiger partial charge in [0.1, 0.15) is 11.8 Å². The van der Waals surface area contributed by atoms with Crippen LogP contribution in [-0.4, -0.2) is 19.6 Å². The van der Waals surface area contributed by atoms with Gasteiger partial charge in [0.25, 0.3) is 0 Å². The predicted molar refractivity (Wildman–Crippen MR) is 80.9 cm³/mol. The second-order valence-electron chi connectivity index (χ2n) is 4.90. The monoisotopic (exact) mass is 287 g/mol. The number of amides is 1. The Morgan fingerprint density at radius 2 is 2.00 bits per heavy atom. The third-order valence-corrected chi connectivity index (χ3v) is 3.46. The molecule has 1 aromatic heterocycles. The fourth-order valence-electron chi connectivity index (χ4n) is 2.38. The summed E-state index contributed by atoms with van der Waals surface area (Å²) in [6, 6.07) is 13.2. The molecule has 0 saturated carbocycles. The largest absolute Gasteiger partial charge is 0.467 e. The van der Waals surface area contributed by atoms with Gasteiger partial charge in [-0.3, -0.25) is 4.79 Å². The highest BCUT2D eigenvalue weighted by atomic mass is 16.5. The third-order valence-electron chi connectivity index (χ3n) is 3.46. The van der Waals surface area contributed by atoms with E-state index in [4.69, 9.17) is 9.15 Å². The van der Waals surface area contributed by atoms with Crippen molar-refractivity contribution < 1.29 is 13.9 Å². The van der Waals surface area contributed by atoms with Crippen LogP contribution in [-0.2, 0) is 9.53 Å². The fraction of sp³-hybridized carbons (Fsp3) is 0.353. The number of hydrogen-bond donors (Lipinski definition) is 1. The molecule has 112 valence electrons. The highest BCUT2D eigenvalue weighted by Gasteiger charge is 2.23. The van der Waals surface area contributed by atoms with E-state index in [1.165, 1.54) is 0 Å². The summed E-state index contributed by atoms with van der Waals surface area (Å²) in [7, 11) is 1.61. The number of rotatable bonds is 7. The smallest absolute Gasteiger partial charge is 0.228 e. The van der Waals surface area contributed by atoms with Crippen LogP contribution in [0.2, 0.25) is 0 Å². The Morgan fingerprint density at radius 1 is 1.24 bits per heavy atom. The molecule has 0 saturated heterocycles. The first-order valence-corrected chi connectivity index (χ1v) is 7.14. The van der Waals surface area contributed by atoms with E-state index < -0.39 is 0 Å². The molecule has 2 aromatic rings. The van der Waals surface area contributed by atoms with E-state index in [9.17, 15) is 4.79 Å². The SMILES string of the molecule is CC[C@@H](C(=O)N[C@@H](COC)c1ccco1)c1ccccc1. The highest BCUT2D eigenvalue weighted by molar-refractivity contribution is 5.83. The van der Waals surface area contributed by atoms with Crippen molar-refractivity contribution in [1.29, 1.82) is 0 Å². The maximum Gasteiger partial charge on any atom is 0.228 e. The van der Waals surface area contributed by atoms with Crippen molar-refractivity contribution >= 4 is 5.91 Å². The van der Waals surface area contributed by atoms with Gasteiger partial charge in [-0.15, -0.1) is 0 Å². The summed E-state index contributed by atoms with van der Waals surface area (Å²) >= 11 is 0. The molecular weight excluding hydrogens is 266 g/mol. The van der Waals surface area contributed by atoms with Gasteiger partial charge in [0.05, 0.1) is 18.8 Å². The number of hydrogen-bond acceptors (Lipinski definition) is 3. The number of ether oxygens (including phenoxy) is 1. The van der Waals surface area contributed by atoms with Crippen molar-refractivity contribution in [1.82, 2.24) is 5.32 Å². The molecule has 0 spiro atoms. The van der Waals surface area contributed by atoms with Gasteiger partial charge >= 0.3 is 0 Å². The minimum absolute atomic E-state index is 0.0119. The third kappa shape index (κ3) is 3.95. The summed E-state index contributed by atoms with van der Waals surface area (Å²) in [6.45, 7) is 2.39. The number of methoxy groups -OCH3 is 1. The summed E-state index contributed by atoms with van der Waals surface area (Å²) in [5.74, 6) is 0.524. The van der Waals surface area contributed by atoms with Crippen molar-refractivity contribution in [3.8, 4) is 0 Å². The molecule has 0 aliphatic heterocycles. The zero-order chi connectivity index (χ0) is 15.1. The average molecular weight is 287 g/mol. The average Bonchev–Trinajstić information content (AvgIpc) is 3.03. The number of furan rings is 1. The molecule has 0 aliphatic carbocycles. The second-order valence-corrected chi connectivity index (χ2v) is 4.90. The lowest BCUT2D eigenvalue weighted by Gasteiger charge is -2.20. The van der Waals surface area contributed by atoms with Crippen LogP contribution in [0, 0.1) is 0 Å². The Balaban J connectivity index is 2.10. The lowest BCUT2D eigenvalue weighted by molar-refractivity contribution is -0.124. The van der Waals surface area contributed by atoms with Crippen molar-refractivity contribution in [2.24, 2.45) is 0 Å². The van der Waals surface area contributed by atoms with Gasteiger partial charge < -0.3 is 14.5 Å². The first kappa shape index (κ1) is 15.3. The van der Waals surface area contributed by atoms with Crippen molar-refractivity contribution in [3.63, 3.8) is 0 Å². The Bertz CT molecular complexity index is 536. The van der Waals surface area contributed by atoms with Crippen LogP contribution in [0.1, 0.15) is 36.6 Å². The number of carbonyl (C=O) groups is 1. The maximum atomic E-state index is 12.5. The summed E-state index contributed by atoms with van der Waals surface area (Å²) in [4.78, 5) is 12.5. The van der Waals surface area contributed by atoms with E-state index in [-0.39, 0.29) is 17.9 Å². The van der Waals surface area contributed by atoms with Crippen LogP contribution in [0.25, 0.3) is 0 Å². The van der Waals surface area contributed by atoms with E-state index in [0.717, 1.165) is 12.0 Å². The summed E-state index contributed by atoms with van der Waals surface area (Å²) < 4.78 is 10.5. The van der Waals surface area contributed by atoms with Gasteiger partial charge in [0.2, 0.25) is 5.91 Å². The molecule has 0 unspecified atom stereocenters. The highest BCUT2D eigenvalue weighted by Crippen LogP contribution is 2.22. The molecule has 1 N–H and O–H groups in total. The Kier molecular flexibility index (Phi) is 5.58. The van der Waals surface area contributed by atoms with E-state index in [1.54, 1.807) is 19.4 Å². The fourth-order valence-corrected chi connectivity index (χ4v) is 2.38. The topological polar surface area (TPSA) is 51.5 Å². The van der Waals surface area contributed by atoms with Gasteiger partial charge in [-0.25, -0.2) is 0 Å². The van der Waals surface area contributed by atoms with E-state index in [0.29, 0.717) is 12.4 Å². The van der Waals surface area contributed by atoms with Crippen LogP contribution >= 0.6 is 0 Å². The minimum Gasteiger partial charge on any atom is -0.467 e. The molecule has 4 heteroatoms. The molecule has 4 nitrogen and oxygen atoms in total. The summed E-state index contributed by atoms with van der Waals surface area (Å²) in [5, 5.41) is 3.01. The normalized spacial score (nSPS) is 13.6. The Labute approximate surface area is 125 Å². The van der Waals surface area contributed by atoms with Crippen LogP contribution in [0.3, 0.4) is 0 Å². The van der Waals surface area contributed by atoms with Crippen molar-refractivity contribution in [2.75, 3.05) is 13.7 Å². The van der Waals surface area contributed by atoms with Gasteiger partial charge in [0, 0.05) is 7.11 Å². The Morgan fingerprint density at radius 3 is 2.57 bits per heavy atom. The standard InChI is InChI=1S/C17H21NO3/c1-3-14(13-8-5-4-6-9-13)17(19)18-15(12-20-2)16-10-7-11-21-16/h4-11,14-15H,3,12H2,1-2H3,(H,18,19)/t14-,15+/m1/s1.